The number of carbonyl (C=O) groups excluding carboxylic acids is 1. The van der Waals surface area contributed by atoms with Crippen LogP contribution in [0.4, 0.5) is 0 Å². The molecular formula is C19H20N2O. The van der Waals surface area contributed by atoms with Crippen LogP contribution in [0.25, 0.3) is 16.6 Å². The van der Waals surface area contributed by atoms with Gasteiger partial charge in [0, 0.05) is 23.4 Å². The Bertz CT molecular complexity index is 801. The predicted molar refractivity (Wildman–Crippen MR) is 87.1 cm³/mol. The molecule has 1 N–H and O–H groups in total. The van der Waals surface area contributed by atoms with Crippen molar-refractivity contribution >= 4 is 22.5 Å². The van der Waals surface area contributed by atoms with Crippen LogP contribution in [0, 0.1) is 11.8 Å². The van der Waals surface area contributed by atoms with Crippen LogP contribution in [0.3, 0.4) is 0 Å². The zero-order chi connectivity index (χ0) is 14.7. The first-order valence-electron chi connectivity index (χ1n) is 8.46. The molecule has 0 spiro atoms. The first kappa shape index (κ1) is 12.5. The second kappa shape index (κ2) is 4.48. The maximum atomic E-state index is 12.9. The van der Waals surface area contributed by atoms with Crippen molar-refractivity contribution in [3.63, 3.8) is 0 Å². The standard InChI is InChI=1S/C19H20N2O/c22-19-13-6-2-1-5-12(13)11-17-18-15(9-10-21(17)19)14-7-3-4-8-16(14)20-18/h3-4,7-8,11-13,20H,1-2,5-6,9-10H2. The van der Waals surface area contributed by atoms with Crippen LogP contribution in [-0.2, 0) is 11.2 Å². The van der Waals surface area contributed by atoms with Gasteiger partial charge in [-0.2, -0.15) is 0 Å². The molecule has 3 nitrogen and oxygen atoms in total. The van der Waals surface area contributed by atoms with E-state index in [2.05, 4.69) is 35.3 Å². The third kappa shape index (κ3) is 1.59. The first-order valence-corrected chi connectivity index (χ1v) is 8.46. The van der Waals surface area contributed by atoms with Crippen LogP contribution in [0.1, 0.15) is 36.9 Å². The Morgan fingerprint density at radius 2 is 2.00 bits per heavy atom. The molecule has 3 heterocycles. The molecule has 3 heteroatoms. The highest BCUT2D eigenvalue weighted by atomic mass is 16.2. The molecule has 2 aromatic rings. The van der Waals surface area contributed by atoms with E-state index in [4.69, 9.17) is 0 Å². The van der Waals surface area contributed by atoms with Crippen molar-refractivity contribution in [2.24, 2.45) is 11.8 Å². The summed E-state index contributed by atoms with van der Waals surface area (Å²) in [6.07, 6.45) is 8.06. The summed E-state index contributed by atoms with van der Waals surface area (Å²) in [5.74, 6) is 1.06. The number of hydrogen-bond donors (Lipinski definition) is 1. The number of benzene rings is 1. The van der Waals surface area contributed by atoms with Crippen molar-refractivity contribution in [3.05, 3.63) is 41.6 Å². The van der Waals surface area contributed by atoms with Crippen LogP contribution in [0.15, 0.2) is 30.3 Å². The Labute approximate surface area is 130 Å². The smallest absolute Gasteiger partial charge is 0.230 e. The molecule has 22 heavy (non-hydrogen) atoms. The number of amides is 1. The summed E-state index contributed by atoms with van der Waals surface area (Å²) >= 11 is 0. The van der Waals surface area contributed by atoms with E-state index in [1.54, 1.807) is 0 Å². The second-order valence-corrected chi connectivity index (χ2v) is 6.87. The average molecular weight is 292 g/mol. The van der Waals surface area contributed by atoms with Gasteiger partial charge in [0.25, 0.3) is 0 Å². The minimum Gasteiger partial charge on any atom is -0.353 e. The van der Waals surface area contributed by atoms with Gasteiger partial charge in [-0.05, 0) is 36.8 Å². The van der Waals surface area contributed by atoms with Gasteiger partial charge < -0.3 is 9.88 Å². The molecule has 2 atom stereocenters. The molecule has 0 bridgehead atoms. The molecule has 3 aliphatic rings. The quantitative estimate of drug-likeness (QED) is 0.789. The second-order valence-electron chi connectivity index (χ2n) is 6.87. The third-order valence-electron chi connectivity index (χ3n) is 5.72. The Hall–Kier alpha value is -2.03. The number of nitrogens with zero attached hydrogens (tertiary/aromatic N) is 1. The summed E-state index contributed by atoms with van der Waals surface area (Å²) in [4.78, 5) is 18.5. The molecule has 1 aromatic carbocycles. The lowest BCUT2D eigenvalue weighted by molar-refractivity contribution is -0.135. The van der Waals surface area contributed by atoms with Crippen molar-refractivity contribution in [2.75, 3.05) is 6.54 Å². The lowest BCUT2D eigenvalue weighted by atomic mass is 9.75. The van der Waals surface area contributed by atoms with Gasteiger partial charge >= 0.3 is 0 Å². The normalized spacial score (nSPS) is 27.2. The van der Waals surface area contributed by atoms with E-state index in [0.717, 1.165) is 25.1 Å². The Balaban J connectivity index is 1.69. The summed E-state index contributed by atoms with van der Waals surface area (Å²) in [6, 6.07) is 8.49. The number of H-pyrrole nitrogens is 1. The zero-order valence-corrected chi connectivity index (χ0v) is 12.6. The molecule has 1 saturated carbocycles. The van der Waals surface area contributed by atoms with E-state index >= 15 is 0 Å². The van der Waals surface area contributed by atoms with Crippen LogP contribution < -0.4 is 0 Å². The molecule has 2 aliphatic heterocycles. The predicted octanol–water partition coefficient (Wildman–Crippen LogP) is 3.71. The van der Waals surface area contributed by atoms with Gasteiger partial charge in [-0.3, -0.25) is 4.79 Å². The van der Waals surface area contributed by atoms with E-state index in [1.807, 2.05) is 4.90 Å². The zero-order valence-electron chi connectivity index (χ0n) is 12.6. The number of carbonyl (C=O) groups is 1. The SMILES string of the molecule is O=C1C2CCCCC2C=C2c3[nH]c4ccccc4c3CCN12. The number of aromatic amines is 1. The van der Waals surface area contributed by atoms with Gasteiger partial charge in [0.15, 0.2) is 0 Å². The van der Waals surface area contributed by atoms with Crippen molar-refractivity contribution in [1.29, 1.82) is 0 Å². The van der Waals surface area contributed by atoms with Gasteiger partial charge in [0.1, 0.15) is 0 Å². The maximum absolute atomic E-state index is 12.9. The van der Waals surface area contributed by atoms with Crippen molar-refractivity contribution in [2.45, 2.75) is 32.1 Å². The summed E-state index contributed by atoms with van der Waals surface area (Å²) in [7, 11) is 0. The summed E-state index contributed by atoms with van der Waals surface area (Å²) in [5.41, 5.74) is 4.91. The van der Waals surface area contributed by atoms with Crippen LogP contribution in [0.5, 0.6) is 0 Å². The number of allylic oxidation sites excluding steroid dienone is 1. The van der Waals surface area contributed by atoms with E-state index in [0.29, 0.717) is 11.8 Å². The summed E-state index contributed by atoms with van der Waals surface area (Å²) in [6.45, 7) is 0.836. The number of fused-ring (bicyclic) bond motifs is 6. The third-order valence-corrected chi connectivity index (χ3v) is 5.72. The molecule has 112 valence electrons. The van der Waals surface area contributed by atoms with Gasteiger partial charge in [-0.15, -0.1) is 0 Å². The van der Waals surface area contributed by atoms with Crippen molar-refractivity contribution in [1.82, 2.24) is 9.88 Å². The van der Waals surface area contributed by atoms with Gasteiger partial charge in [-0.1, -0.05) is 37.1 Å². The van der Waals surface area contributed by atoms with Gasteiger partial charge in [-0.25, -0.2) is 0 Å². The highest BCUT2D eigenvalue weighted by Crippen LogP contribution is 2.43. The number of rotatable bonds is 0. The minimum atomic E-state index is 0.239. The van der Waals surface area contributed by atoms with Gasteiger partial charge in [0.05, 0.1) is 11.4 Å². The Morgan fingerprint density at radius 3 is 2.95 bits per heavy atom. The molecule has 1 amide bonds. The molecule has 0 radical (unpaired) electrons. The Kier molecular flexibility index (Phi) is 2.55. The minimum absolute atomic E-state index is 0.239. The van der Waals surface area contributed by atoms with Crippen LogP contribution in [-0.4, -0.2) is 22.3 Å². The molecule has 1 aliphatic carbocycles. The molecular weight excluding hydrogens is 272 g/mol. The van der Waals surface area contributed by atoms with E-state index < -0.39 is 0 Å². The fourth-order valence-electron chi connectivity index (χ4n) is 4.63. The van der Waals surface area contributed by atoms with Crippen LogP contribution in [0.2, 0.25) is 0 Å². The van der Waals surface area contributed by atoms with Crippen molar-refractivity contribution < 1.29 is 4.79 Å². The molecule has 1 aromatic heterocycles. The number of hydrogen-bond acceptors (Lipinski definition) is 1. The largest absolute Gasteiger partial charge is 0.353 e. The molecule has 0 saturated heterocycles. The number of nitrogens with one attached hydrogen (secondary N) is 1. The molecule has 1 fully saturated rings. The first-order chi connectivity index (χ1) is 10.8. The average Bonchev–Trinajstić information content (AvgIpc) is 2.94. The number of aromatic nitrogens is 1. The molecule has 5 rings (SSSR count). The highest BCUT2D eigenvalue weighted by Gasteiger charge is 2.41. The lowest BCUT2D eigenvalue weighted by Gasteiger charge is -2.41. The van der Waals surface area contributed by atoms with E-state index in [-0.39, 0.29) is 5.92 Å². The van der Waals surface area contributed by atoms with E-state index in [1.165, 1.54) is 41.4 Å². The fourth-order valence-corrected chi connectivity index (χ4v) is 4.63. The number of para-hydroxylation sites is 1. The van der Waals surface area contributed by atoms with Crippen molar-refractivity contribution in [3.8, 4) is 0 Å². The lowest BCUT2D eigenvalue weighted by Crippen LogP contribution is -2.45. The van der Waals surface area contributed by atoms with Gasteiger partial charge in [0.2, 0.25) is 5.91 Å². The summed E-state index contributed by atoms with van der Waals surface area (Å²) < 4.78 is 0. The van der Waals surface area contributed by atoms with E-state index in [9.17, 15) is 4.79 Å². The van der Waals surface area contributed by atoms with Crippen LogP contribution >= 0.6 is 0 Å². The highest BCUT2D eigenvalue weighted by molar-refractivity contribution is 5.96. The fraction of sp³-hybridized carbons (Fsp3) is 0.421. The monoisotopic (exact) mass is 292 g/mol. The maximum Gasteiger partial charge on any atom is 0.230 e. The Morgan fingerprint density at radius 1 is 1.14 bits per heavy atom. The topological polar surface area (TPSA) is 36.1 Å². The molecule has 2 unspecified atom stereocenters. The summed E-state index contributed by atoms with van der Waals surface area (Å²) in [5, 5.41) is 1.32.